The molecule has 7 heteroatoms. The van der Waals surface area contributed by atoms with Gasteiger partial charge >= 0.3 is 0 Å². The number of hydrogen-bond acceptors (Lipinski definition) is 5. The molecule has 1 fully saturated rings. The molecule has 2 aromatic carbocycles. The number of amides is 1. The molecule has 1 N–H and O–H groups in total. The number of carbonyl (C=O) groups is 3. The minimum absolute atomic E-state index is 0.178. The highest BCUT2D eigenvalue weighted by Gasteiger charge is 2.69. The third-order valence-corrected chi connectivity index (χ3v) is 7.49. The van der Waals surface area contributed by atoms with Crippen molar-refractivity contribution < 1.29 is 14.4 Å². The number of anilines is 2. The summed E-state index contributed by atoms with van der Waals surface area (Å²) in [7, 11) is 0. The first-order chi connectivity index (χ1) is 16.4. The lowest BCUT2D eigenvalue weighted by Gasteiger charge is -2.37. The maximum absolute atomic E-state index is 14.2. The summed E-state index contributed by atoms with van der Waals surface area (Å²) < 4.78 is 0. The van der Waals surface area contributed by atoms with Crippen molar-refractivity contribution >= 4 is 46.5 Å². The van der Waals surface area contributed by atoms with Gasteiger partial charge in [-0.25, -0.2) is 0 Å². The Labute approximate surface area is 201 Å². The van der Waals surface area contributed by atoms with Gasteiger partial charge in [0, 0.05) is 34.4 Å². The normalized spacial score (nSPS) is 26.1. The summed E-state index contributed by atoms with van der Waals surface area (Å²) in [5, 5.41) is 3.57. The third kappa shape index (κ3) is 2.63. The maximum Gasteiger partial charge on any atom is 0.238 e. The molecule has 0 saturated carbocycles. The van der Waals surface area contributed by atoms with Gasteiger partial charge in [0.25, 0.3) is 0 Å². The molecule has 0 bridgehead atoms. The fourth-order valence-corrected chi connectivity index (χ4v) is 6.18. The zero-order valence-corrected chi connectivity index (χ0v) is 19.0. The van der Waals surface area contributed by atoms with Crippen LogP contribution >= 0.6 is 11.6 Å². The van der Waals surface area contributed by atoms with E-state index in [1.165, 1.54) is 6.92 Å². The number of fused-ring (bicyclic) bond motifs is 6. The summed E-state index contributed by atoms with van der Waals surface area (Å²) in [6.45, 7) is 1.49. The second kappa shape index (κ2) is 7.37. The van der Waals surface area contributed by atoms with Gasteiger partial charge < -0.3 is 10.2 Å². The summed E-state index contributed by atoms with van der Waals surface area (Å²) in [5.41, 5.74) is 2.16. The molecule has 34 heavy (non-hydrogen) atoms. The van der Waals surface area contributed by atoms with E-state index in [-0.39, 0.29) is 17.5 Å². The molecule has 1 spiro atoms. The van der Waals surface area contributed by atoms with Gasteiger partial charge in [-0.2, -0.15) is 0 Å². The summed E-state index contributed by atoms with van der Waals surface area (Å²) in [6.07, 6.45) is 6.95. The number of benzene rings is 2. The van der Waals surface area contributed by atoms with Gasteiger partial charge in [-0.3, -0.25) is 19.4 Å². The first-order valence-corrected chi connectivity index (χ1v) is 11.4. The topological polar surface area (TPSA) is 79.4 Å². The van der Waals surface area contributed by atoms with E-state index >= 15 is 0 Å². The van der Waals surface area contributed by atoms with Gasteiger partial charge in [0.1, 0.15) is 5.41 Å². The van der Waals surface area contributed by atoms with Crippen LogP contribution in [0.2, 0.25) is 5.02 Å². The maximum atomic E-state index is 14.2. The molecule has 1 saturated heterocycles. The Balaban J connectivity index is 1.67. The number of nitrogens with one attached hydrogen (secondary N) is 1. The number of ketones is 2. The standard InChI is InChI=1S/C27H20ClN3O3/c1-15(32)24-23(25(33)16-10-12-29-13-11-16)27(19-4-2-3-5-20(19)30-26(27)34)22-9-6-17-14-18(28)7-8-21(17)31(22)24/h2-14,22-24H,1H3,(H,30,34)/t22-,23+,24-,27-/m1/s1. The Morgan fingerprint density at radius 2 is 1.85 bits per heavy atom. The van der Waals surface area contributed by atoms with E-state index in [4.69, 9.17) is 11.6 Å². The summed E-state index contributed by atoms with van der Waals surface area (Å²) >= 11 is 6.24. The summed E-state index contributed by atoms with van der Waals surface area (Å²) in [4.78, 5) is 47.3. The van der Waals surface area contributed by atoms with Crippen molar-refractivity contribution in [1.29, 1.82) is 0 Å². The molecular weight excluding hydrogens is 450 g/mol. The molecule has 4 heterocycles. The molecule has 0 unspecified atom stereocenters. The molecular formula is C27H20ClN3O3. The Hall–Kier alpha value is -3.77. The second-order valence-electron chi connectivity index (χ2n) is 8.92. The molecule has 1 amide bonds. The summed E-state index contributed by atoms with van der Waals surface area (Å²) in [5.74, 6) is -1.65. The number of carbonyl (C=O) groups excluding carboxylic acids is 3. The van der Waals surface area contributed by atoms with Crippen molar-refractivity contribution in [2.45, 2.75) is 24.4 Å². The van der Waals surface area contributed by atoms with E-state index in [9.17, 15) is 14.4 Å². The number of halogens is 1. The van der Waals surface area contributed by atoms with Gasteiger partial charge in [-0.15, -0.1) is 0 Å². The SMILES string of the molecule is CC(=O)[C@@H]1[C@@H](C(=O)c2ccncc2)[C@]2(C(=O)Nc3ccccc32)[C@H]2C=Cc3cc(Cl)ccc3N12. The molecule has 1 aromatic heterocycles. The average molecular weight is 470 g/mol. The van der Waals surface area contributed by atoms with Gasteiger partial charge in [0.15, 0.2) is 11.6 Å². The smallest absolute Gasteiger partial charge is 0.238 e. The summed E-state index contributed by atoms with van der Waals surface area (Å²) in [6, 6.07) is 14.8. The molecule has 4 atom stereocenters. The first-order valence-electron chi connectivity index (χ1n) is 11.1. The number of hydrogen-bond donors (Lipinski definition) is 1. The van der Waals surface area contributed by atoms with Crippen LogP contribution in [0, 0.1) is 5.92 Å². The van der Waals surface area contributed by atoms with Crippen LogP contribution in [0.4, 0.5) is 11.4 Å². The van der Waals surface area contributed by atoms with Crippen molar-refractivity contribution in [2.24, 2.45) is 5.92 Å². The second-order valence-corrected chi connectivity index (χ2v) is 9.35. The van der Waals surface area contributed by atoms with E-state index < -0.39 is 23.4 Å². The van der Waals surface area contributed by atoms with Crippen molar-refractivity contribution in [3.05, 3.63) is 94.8 Å². The first kappa shape index (κ1) is 20.8. The Morgan fingerprint density at radius 1 is 1.09 bits per heavy atom. The lowest BCUT2D eigenvalue weighted by atomic mass is 9.64. The zero-order valence-electron chi connectivity index (χ0n) is 18.2. The fraction of sp³-hybridized carbons (Fsp3) is 0.185. The minimum Gasteiger partial charge on any atom is -0.352 e. The number of rotatable bonds is 3. The van der Waals surface area contributed by atoms with Crippen molar-refractivity contribution in [2.75, 3.05) is 10.2 Å². The van der Waals surface area contributed by atoms with E-state index in [0.717, 1.165) is 16.8 Å². The average Bonchev–Trinajstić information content (AvgIpc) is 3.32. The lowest BCUT2D eigenvalue weighted by Crippen LogP contribution is -2.51. The van der Waals surface area contributed by atoms with Crippen LogP contribution in [0.1, 0.15) is 28.4 Å². The number of Topliss-reactive ketones (excluding diaryl/α,β-unsaturated/α-hetero) is 2. The predicted molar refractivity (Wildman–Crippen MR) is 130 cm³/mol. The van der Waals surface area contributed by atoms with Crippen molar-refractivity contribution in [3.63, 3.8) is 0 Å². The number of aromatic nitrogens is 1. The monoisotopic (exact) mass is 469 g/mol. The van der Waals surface area contributed by atoms with Crippen LogP contribution in [0.3, 0.4) is 0 Å². The minimum atomic E-state index is -1.28. The van der Waals surface area contributed by atoms with Crippen molar-refractivity contribution in [3.8, 4) is 0 Å². The quantitative estimate of drug-likeness (QED) is 0.579. The largest absolute Gasteiger partial charge is 0.352 e. The van der Waals surface area contributed by atoms with Crippen molar-refractivity contribution in [1.82, 2.24) is 4.98 Å². The third-order valence-electron chi connectivity index (χ3n) is 7.26. The van der Waals surface area contributed by atoms with Crippen LogP contribution in [-0.2, 0) is 15.0 Å². The molecule has 3 aliphatic heterocycles. The molecule has 6 rings (SSSR count). The number of para-hydroxylation sites is 1. The van der Waals surface area contributed by atoms with Gasteiger partial charge in [0.05, 0.1) is 18.0 Å². The zero-order chi connectivity index (χ0) is 23.6. The van der Waals surface area contributed by atoms with Gasteiger partial charge in [0.2, 0.25) is 5.91 Å². The highest BCUT2D eigenvalue weighted by Crippen LogP contribution is 2.57. The number of nitrogens with zero attached hydrogens (tertiary/aromatic N) is 2. The van der Waals surface area contributed by atoms with Crippen LogP contribution in [0.25, 0.3) is 6.08 Å². The van der Waals surface area contributed by atoms with Crippen LogP contribution in [-0.4, -0.2) is 34.5 Å². The van der Waals surface area contributed by atoms with E-state index in [0.29, 0.717) is 16.3 Å². The molecule has 3 aromatic rings. The van der Waals surface area contributed by atoms with Gasteiger partial charge in [-0.1, -0.05) is 42.0 Å². The Bertz CT molecular complexity index is 1400. The lowest BCUT2D eigenvalue weighted by molar-refractivity contribution is -0.122. The Kier molecular flexibility index (Phi) is 4.51. The number of pyridine rings is 1. The Morgan fingerprint density at radius 3 is 2.62 bits per heavy atom. The molecule has 168 valence electrons. The molecule has 6 nitrogen and oxygen atoms in total. The molecule has 0 aliphatic carbocycles. The highest BCUT2D eigenvalue weighted by atomic mass is 35.5. The van der Waals surface area contributed by atoms with Crippen LogP contribution in [0.5, 0.6) is 0 Å². The fourth-order valence-electron chi connectivity index (χ4n) is 6.00. The van der Waals surface area contributed by atoms with Gasteiger partial charge in [-0.05, 0) is 54.4 Å². The highest BCUT2D eigenvalue weighted by molar-refractivity contribution is 6.31. The van der Waals surface area contributed by atoms with E-state index in [1.807, 2.05) is 53.5 Å². The van der Waals surface area contributed by atoms with Crippen LogP contribution in [0.15, 0.2) is 73.1 Å². The van der Waals surface area contributed by atoms with E-state index in [2.05, 4.69) is 10.3 Å². The molecule has 0 radical (unpaired) electrons. The molecule has 3 aliphatic rings. The predicted octanol–water partition coefficient (Wildman–Crippen LogP) is 4.30. The van der Waals surface area contributed by atoms with Crippen LogP contribution < -0.4 is 10.2 Å². The van der Waals surface area contributed by atoms with E-state index in [1.54, 1.807) is 30.6 Å².